The highest BCUT2D eigenvalue weighted by atomic mass is 16.6. The van der Waals surface area contributed by atoms with Gasteiger partial charge in [-0.2, -0.15) is 0 Å². The van der Waals surface area contributed by atoms with Crippen molar-refractivity contribution in [3.63, 3.8) is 0 Å². The van der Waals surface area contributed by atoms with E-state index in [1.54, 1.807) is 0 Å². The Balaban J connectivity index is 1.74. The zero-order valence-corrected chi connectivity index (χ0v) is 11.7. The summed E-state index contributed by atoms with van der Waals surface area (Å²) in [7, 11) is 0. The average molecular weight is 255 g/mol. The van der Waals surface area contributed by atoms with Crippen LogP contribution in [0.2, 0.25) is 0 Å². The number of aliphatic hydroxyl groups is 1. The molecule has 2 aliphatic rings. The fourth-order valence-corrected chi connectivity index (χ4v) is 3.17. The maximum absolute atomic E-state index is 11.6. The second-order valence-electron chi connectivity index (χ2n) is 6.84. The summed E-state index contributed by atoms with van der Waals surface area (Å²) in [5.74, 6) is 0.439. The van der Waals surface area contributed by atoms with Gasteiger partial charge in [0.1, 0.15) is 5.60 Å². The Morgan fingerprint density at radius 3 is 2.33 bits per heavy atom. The van der Waals surface area contributed by atoms with E-state index in [9.17, 15) is 9.90 Å². The fourth-order valence-electron chi connectivity index (χ4n) is 3.17. The van der Waals surface area contributed by atoms with Crippen LogP contribution in [0.15, 0.2) is 0 Å². The highest BCUT2D eigenvalue weighted by Gasteiger charge is 2.49. The lowest BCUT2D eigenvalue weighted by molar-refractivity contribution is -0.0996. The average Bonchev–Trinajstić information content (AvgIpc) is 2.64. The van der Waals surface area contributed by atoms with Gasteiger partial charge in [-0.25, -0.2) is 4.79 Å². The molecule has 1 amide bonds. The molecule has 104 valence electrons. The minimum absolute atomic E-state index is 0.0745. The number of hydrogen-bond donors (Lipinski definition) is 2. The largest absolute Gasteiger partial charge is 0.444 e. The van der Waals surface area contributed by atoms with Gasteiger partial charge >= 0.3 is 6.09 Å². The summed E-state index contributed by atoms with van der Waals surface area (Å²) in [5.41, 5.74) is -0.994. The molecule has 0 heterocycles. The van der Waals surface area contributed by atoms with E-state index < -0.39 is 11.2 Å². The van der Waals surface area contributed by atoms with Crippen molar-refractivity contribution in [3.05, 3.63) is 0 Å². The van der Waals surface area contributed by atoms with Gasteiger partial charge in [-0.05, 0) is 52.4 Å². The zero-order valence-electron chi connectivity index (χ0n) is 11.7. The van der Waals surface area contributed by atoms with E-state index in [0.29, 0.717) is 18.8 Å². The summed E-state index contributed by atoms with van der Waals surface area (Å²) < 4.78 is 5.21. The molecule has 2 rings (SSSR count). The molecule has 4 heteroatoms. The second kappa shape index (κ2) is 4.72. The number of rotatable bonds is 2. The molecule has 0 saturated heterocycles. The lowest BCUT2D eigenvalue weighted by Gasteiger charge is -2.47. The summed E-state index contributed by atoms with van der Waals surface area (Å²) in [6.07, 6.45) is 5.72. The van der Waals surface area contributed by atoms with Gasteiger partial charge < -0.3 is 15.2 Å². The zero-order chi connectivity index (χ0) is 13.4. The second-order valence-corrected chi connectivity index (χ2v) is 6.84. The standard InChI is InChI=1S/C14H25NO3/c1-13(2,3)18-12(16)15-11-8-14(17,9-11)10-6-4-5-7-10/h10-11,17H,4-9H2,1-3H3,(H,15,16). The van der Waals surface area contributed by atoms with Crippen molar-refractivity contribution in [1.82, 2.24) is 5.32 Å². The Kier molecular flexibility index (Phi) is 3.58. The fraction of sp³-hybridized carbons (Fsp3) is 0.929. The molecule has 0 spiro atoms. The molecule has 0 aromatic heterocycles. The Labute approximate surface area is 109 Å². The Morgan fingerprint density at radius 1 is 1.28 bits per heavy atom. The van der Waals surface area contributed by atoms with Crippen LogP contribution >= 0.6 is 0 Å². The van der Waals surface area contributed by atoms with Crippen LogP contribution < -0.4 is 5.32 Å². The number of nitrogens with one attached hydrogen (secondary N) is 1. The van der Waals surface area contributed by atoms with Crippen molar-refractivity contribution < 1.29 is 14.6 Å². The van der Waals surface area contributed by atoms with Crippen LogP contribution in [0, 0.1) is 5.92 Å². The summed E-state index contributed by atoms with van der Waals surface area (Å²) in [6.45, 7) is 5.55. The lowest BCUT2D eigenvalue weighted by Crippen LogP contribution is -2.58. The van der Waals surface area contributed by atoms with E-state index in [0.717, 1.165) is 12.8 Å². The number of ether oxygens (including phenoxy) is 1. The molecule has 0 aromatic carbocycles. The van der Waals surface area contributed by atoms with Gasteiger partial charge in [0.25, 0.3) is 0 Å². The van der Waals surface area contributed by atoms with Crippen molar-refractivity contribution in [2.24, 2.45) is 5.92 Å². The summed E-state index contributed by atoms with van der Waals surface area (Å²) in [5, 5.41) is 13.3. The van der Waals surface area contributed by atoms with Gasteiger partial charge in [-0.3, -0.25) is 0 Å². The first kappa shape index (κ1) is 13.7. The van der Waals surface area contributed by atoms with Gasteiger partial charge in [-0.15, -0.1) is 0 Å². The third-order valence-corrected chi connectivity index (χ3v) is 4.04. The molecule has 2 saturated carbocycles. The molecule has 0 aliphatic heterocycles. The normalized spacial score (nSPS) is 33.0. The topological polar surface area (TPSA) is 58.6 Å². The predicted molar refractivity (Wildman–Crippen MR) is 69.3 cm³/mol. The lowest BCUT2D eigenvalue weighted by atomic mass is 9.67. The highest BCUT2D eigenvalue weighted by molar-refractivity contribution is 5.68. The molecule has 0 unspecified atom stereocenters. The van der Waals surface area contributed by atoms with Crippen LogP contribution in [0.3, 0.4) is 0 Å². The number of hydrogen-bond acceptors (Lipinski definition) is 3. The predicted octanol–water partition coefficient (Wildman–Crippen LogP) is 2.59. The van der Waals surface area contributed by atoms with Gasteiger partial charge in [0.15, 0.2) is 0 Å². The molecule has 0 bridgehead atoms. The molecule has 18 heavy (non-hydrogen) atoms. The molecule has 0 aromatic rings. The van der Waals surface area contributed by atoms with E-state index in [1.807, 2.05) is 20.8 Å². The van der Waals surface area contributed by atoms with Crippen LogP contribution in [-0.2, 0) is 4.74 Å². The van der Waals surface area contributed by atoms with Gasteiger partial charge in [-0.1, -0.05) is 12.8 Å². The SMILES string of the molecule is CC(C)(C)OC(=O)NC1CC(O)(C2CCCC2)C1. The number of alkyl carbamates (subject to hydrolysis) is 1. The maximum atomic E-state index is 11.6. The molecule has 2 fully saturated rings. The van der Waals surface area contributed by atoms with E-state index in [1.165, 1.54) is 12.8 Å². The minimum Gasteiger partial charge on any atom is -0.444 e. The van der Waals surface area contributed by atoms with E-state index in [-0.39, 0.29) is 12.1 Å². The Hall–Kier alpha value is -0.770. The molecule has 0 radical (unpaired) electrons. The first-order valence-corrected chi connectivity index (χ1v) is 7.00. The van der Waals surface area contributed by atoms with Gasteiger partial charge in [0.2, 0.25) is 0 Å². The molecular formula is C14H25NO3. The summed E-state index contributed by atoms with van der Waals surface area (Å²) in [6, 6.07) is 0.0745. The van der Waals surface area contributed by atoms with Crippen LogP contribution in [-0.4, -0.2) is 28.4 Å². The maximum Gasteiger partial charge on any atom is 0.407 e. The molecule has 2 N–H and O–H groups in total. The summed E-state index contributed by atoms with van der Waals surface area (Å²) in [4.78, 5) is 11.6. The number of amides is 1. The van der Waals surface area contributed by atoms with Crippen LogP contribution in [0.25, 0.3) is 0 Å². The van der Waals surface area contributed by atoms with Crippen molar-refractivity contribution in [2.45, 2.75) is 76.5 Å². The van der Waals surface area contributed by atoms with Crippen LogP contribution in [0.5, 0.6) is 0 Å². The van der Waals surface area contributed by atoms with Crippen molar-refractivity contribution in [2.75, 3.05) is 0 Å². The molecule has 4 nitrogen and oxygen atoms in total. The third-order valence-electron chi connectivity index (χ3n) is 4.04. The van der Waals surface area contributed by atoms with E-state index >= 15 is 0 Å². The quantitative estimate of drug-likeness (QED) is 0.797. The van der Waals surface area contributed by atoms with E-state index in [2.05, 4.69) is 5.32 Å². The highest BCUT2D eigenvalue weighted by Crippen LogP contribution is 2.45. The molecule has 0 atom stereocenters. The number of carbonyl (C=O) groups excluding carboxylic acids is 1. The minimum atomic E-state index is -0.532. The van der Waals surface area contributed by atoms with Crippen LogP contribution in [0.1, 0.15) is 59.3 Å². The number of carbonyl (C=O) groups is 1. The smallest absolute Gasteiger partial charge is 0.407 e. The summed E-state index contributed by atoms with van der Waals surface area (Å²) >= 11 is 0. The molecule has 2 aliphatic carbocycles. The Bertz CT molecular complexity index is 309. The van der Waals surface area contributed by atoms with Crippen molar-refractivity contribution in [3.8, 4) is 0 Å². The van der Waals surface area contributed by atoms with Gasteiger partial charge in [0.05, 0.1) is 5.60 Å². The van der Waals surface area contributed by atoms with Crippen molar-refractivity contribution >= 4 is 6.09 Å². The first-order valence-electron chi connectivity index (χ1n) is 7.00. The third kappa shape index (κ3) is 3.16. The molecular weight excluding hydrogens is 230 g/mol. The van der Waals surface area contributed by atoms with E-state index in [4.69, 9.17) is 4.74 Å². The first-order chi connectivity index (χ1) is 8.28. The van der Waals surface area contributed by atoms with Crippen LogP contribution in [0.4, 0.5) is 4.79 Å². The van der Waals surface area contributed by atoms with Crippen molar-refractivity contribution in [1.29, 1.82) is 0 Å². The van der Waals surface area contributed by atoms with Gasteiger partial charge in [0, 0.05) is 6.04 Å². The Morgan fingerprint density at radius 2 is 1.83 bits per heavy atom. The monoisotopic (exact) mass is 255 g/mol.